The minimum absolute atomic E-state index is 0. The number of nitrogens with zero attached hydrogens (tertiary/aromatic N) is 1. The monoisotopic (exact) mass is 497 g/mol. The lowest BCUT2D eigenvalue weighted by molar-refractivity contribution is -0.0498. The zero-order valence-electron chi connectivity index (χ0n) is 14.2. The molecule has 0 radical (unpaired) electrons. The minimum Gasteiger partial charge on any atom is -0.435 e. The quantitative estimate of drug-likeness (QED) is 0.295. The maximum atomic E-state index is 12.1. The van der Waals surface area contributed by atoms with E-state index in [-0.39, 0.29) is 36.3 Å². The van der Waals surface area contributed by atoms with Crippen molar-refractivity contribution in [2.45, 2.75) is 26.2 Å². The number of hydrogen-bond donors (Lipinski definition) is 3. The fraction of sp³-hybridized carbons (Fsp3) is 0.353. The van der Waals surface area contributed by atoms with Crippen LogP contribution in [0, 0.1) is 0 Å². The van der Waals surface area contributed by atoms with Gasteiger partial charge < -0.3 is 20.5 Å². The average molecular weight is 497 g/mol. The molecule has 26 heavy (non-hydrogen) atoms. The normalized spacial score (nSPS) is 12.4. The molecule has 3 N–H and O–H groups in total. The number of aliphatic hydroxyl groups is 1. The van der Waals surface area contributed by atoms with Crippen LogP contribution in [0.1, 0.15) is 23.5 Å². The second-order valence-corrected chi connectivity index (χ2v) is 6.15. The third kappa shape index (κ3) is 7.83. The van der Waals surface area contributed by atoms with Gasteiger partial charge in [-0.1, -0.05) is 18.2 Å². The molecule has 0 amide bonds. The lowest BCUT2D eigenvalue weighted by Crippen LogP contribution is -2.39. The van der Waals surface area contributed by atoms with Crippen molar-refractivity contribution in [3.63, 3.8) is 0 Å². The van der Waals surface area contributed by atoms with Crippen LogP contribution in [0.4, 0.5) is 8.78 Å². The number of alkyl halides is 2. The standard InChI is InChI=1S/C17H21F2N3O2S.HI/c1-2-20-17(21-10-14-4-3-9-25-14)22-11-15(23)12-5-7-13(8-6-12)24-16(18)19;/h3-9,15-16,23H,2,10-11H2,1H3,(H2,20,21,22);1H. The molecule has 1 unspecified atom stereocenters. The van der Waals surface area contributed by atoms with Crippen LogP contribution in [0.3, 0.4) is 0 Å². The van der Waals surface area contributed by atoms with Gasteiger partial charge in [0.25, 0.3) is 0 Å². The van der Waals surface area contributed by atoms with Gasteiger partial charge in [0.1, 0.15) is 5.75 Å². The van der Waals surface area contributed by atoms with E-state index in [0.29, 0.717) is 24.6 Å². The molecule has 0 spiro atoms. The van der Waals surface area contributed by atoms with Crippen LogP contribution in [0.15, 0.2) is 46.8 Å². The van der Waals surface area contributed by atoms with E-state index < -0.39 is 12.7 Å². The number of nitrogens with one attached hydrogen (secondary N) is 2. The van der Waals surface area contributed by atoms with Gasteiger partial charge in [0.05, 0.1) is 12.6 Å². The van der Waals surface area contributed by atoms with Crippen LogP contribution in [0.2, 0.25) is 0 Å². The van der Waals surface area contributed by atoms with E-state index in [1.165, 1.54) is 12.1 Å². The largest absolute Gasteiger partial charge is 0.435 e. The van der Waals surface area contributed by atoms with Gasteiger partial charge in [0.15, 0.2) is 5.96 Å². The number of guanidine groups is 1. The van der Waals surface area contributed by atoms with E-state index in [9.17, 15) is 13.9 Å². The van der Waals surface area contributed by atoms with Crippen molar-refractivity contribution in [3.8, 4) is 5.75 Å². The summed E-state index contributed by atoms with van der Waals surface area (Å²) < 4.78 is 28.6. The average Bonchev–Trinajstić information content (AvgIpc) is 3.10. The Bertz CT molecular complexity index is 655. The van der Waals surface area contributed by atoms with Crippen molar-refractivity contribution in [2.75, 3.05) is 13.1 Å². The molecule has 0 fully saturated rings. The van der Waals surface area contributed by atoms with Gasteiger partial charge >= 0.3 is 6.61 Å². The Hall–Kier alpha value is -1.46. The van der Waals surface area contributed by atoms with E-state index in [2.05, 4.69) is 20.4 Å². The SMILES string of the molecule is CCNC(=NCc1cccs1)NCC(O)c1ccc(OC(F)F)cc1.I. The number of halogens is 3. The van der Waals surface area contributed by atoms with E-state index >= 15 is 0 Å². The third-order valence-electron chi connectivity index (χ3n) is 3.27. The lowest BCUT2D eigenvalue weighted by atomic mass is 10.1. The van der Waals surface area contributed by atoms with Crippen LogP contribution in [-0.2, 0) is 6.54 Å². The fourth-order valence-corrected chi connectivity index (χ4v) is 2.71. The zero-order chi connectivity index (χ0) is 18.1. The molecule has 144 valence electrons. The number of hydrogen-bond acceptors (Lipinski definition) is 4. The molecule has 0 saturated carbocycles. The van der Waals surface area contributed by atoms with E-state index in [0.717, 1.165) is 4.88 Å². The van der Waals surface area contributed by atoms with Gasteiger partial charge in [-0.3, -0.25) is 0 Å². The highest BCUT2D eigenvalue weighted by Gasteiger charge is 2.10. The number of thiophene rings is 1. The zero-order valence-corrected chi connectivity index (χ0v) is 17.3. The van der Waals surface area contributed by atoms with E-state index in [4.69, 9.17) is 0 Å². The maximum absolute atomic E-state index is 12.1. The summed E-state index contributed by atoms with van der Waals surface area (Å²) >= 11 is 1.63. The van der Waals surface area contributed by atoms with Crippen molar-refractivity contribution in [1.29, 1.82) is 0 Å². The van der Waals surface area contributed by atoms with Gasteiger partial charge in [0, 0.05) is 18.0 Å². The smallest absolute Gasteiger partial charge is 0.387 e. The highest BCUT2D eigenvalue weighted by atomic mass is 127. The Kier molecular flexibility index (Phi) is 10.4. The molecule has 1 heterocycles. The molecule has 1 atom stereocenters. The summed E-state index contributed by atoms with van der Waals surface area (Å²) in [5.74, 6) is 0.664. The van der Waals surface area contributed by atoms with Crippen LogP contribution in [-0.4, -0.2) is 30.8 Å². The molecule has 5 nitrogen and oxygen atoms in total. The summed E-state index contributed by atoms with van der Waals surface area (Å²) in [7, 11) is 0. The van der Waals surface area contributed by atoms with Gasteiger partial charge in [-0.25, -0.2) is 4.99 Å². The highest BCUT2D eigenvalue weighted by Crippen LogP contribution is 2.19. The van der Waals surface area contributed by atoms with Crippen LogP contribution >= 0.6 is 35.3 Å². The topological polar surface area (TPSA) is 65.9 Å². The van der Waals surface area contributed by atoms with E-state index in [1.54, 1.807) is 23.5 Å². The van der Waals surface area contributed by atoms with Crippen molar-refractivity contribution >= 4 is 41.3 Å². The maximum Gasteiger partial charge on any atom is 0.387 e. The highest BCUT2D eigenvalue weighted by molar-refractivity contribution is 14.0. The molecule has 2 rings (SSSR count). The molecule has 1 aromatic heterocycles. The molecule has 9 heteroatoms. The summed E-state index contributed by atoms with van der Waals surface area (Å²) in [5, 5.41) is 18.4. The first-order valence-corrected chi connectivity index (χ1v) is 8.74. The number of aliphatic hydroxyl groups excluding tert-OH is 1. The van der Waals surface area contributed by atoms with Crippen molar-refractivity contribution in [1.82, 2.24) is 10.6 Å². The summed E-state index contributed by atoms with van der Waals surface area (Å²) in [6, 6.07) is 9.90. The van der Waals surface area contributed by atoms with Gasteiger partial charge in [-0.05, 0) is 36.1 Å². The Morgan fingerprint density at radius 3 is 2.54 bits per heavy atom. The molecule has 0 aliphatic heterocycles. The number of aliphatic imine (C=N–C) groups is 1. The van der Waals surface area contributed by atoms with Crippen LogP contribution < -0.4 is 15.4 Å². The minimum atomic E-state index is -2.86. The molecule has 0 aliphatic carbocycles. The predicted octanol–water partition coefficient (Wildman–Crippen LogP) is 3.76. The van der Waals surface area contributed by atoms with E-state index in [1.807, 2.05) is 24.4 Å². The summed E-state index contributed by atoms with van der Waals surface area (Å²) in [6.07, 6.45) is -0.800. The second kappa shape index (κ2) is 12.0. The molecular weight excluding hydrogens is 475 g/mol. The first kappa shape index (κ1) is 22.6. The van der Waals surface area contributed by atoms with Crippen LogP contribution in [0.25, 0.3) is 0 Å². The van der Waals surface area contributed by atoms with Gasteiger partial charge in [0.2, 0.25) is 0 Å². The Morgan fingerprint density at radius 1 is 1.23 bits per heavy atom. The number of ether oxygens (including phenoxy) is 1. The van der Waals surface area contributed by atoms with Crippen LogP contribution in [0.5, 0.6) is 5.75 Å². The van der Waals surface area contributed by atoms with Crippen molar-refractivity contribution in [2.24, 2.45) is 4.99 Å². The number of benzene rings is 1. The first-order chi connectivity index (χ1) is 12.1. The second-order valence-electron chi connectivity index (χ2n) is 5.12. The third-order valence-corrected chi connectivity index (χ3v) is 4.13. The van der Waals surface area contributed by atoms with Crippen molar-refractivity contribution < 1.29 is 18.6 Å². The molecule has 1 aromatic carbocycles. The van der Waals surface area contributed by atoms with Crippen molar-refractivity contribution in [3.05, 3.63) is 52.2 Å². The Morgan fingerprint density at radius 2 is 1.96 bits per heavy atom. The molecule has 2 aromatic rings. The predicted molar refractivity (Wildman–Crippen MR) is 111 cm³/mol. The Labute approximate surface area is 172 Å². The summed E-state index contributed by atoms with van der Waals surface area (Å²) in [4.78, 5) is 5.60. The fourth-order valence-electron chi connectivity index (χ4n) is 2.08. The summed E-state index contributed by atoms with van der Waals surface area (Å²) in [5.41, 5.74) is 0.600. The molecule has 0 aliphatic rings. The number of rotatable bonds is 8. The molecule has 0 saturated heterocycles. The summed E-state index contributed by atoms with van der Waals surface area (Å²) in [6.45, 7) is 0.598. The molecule has 0 bridgehead atoms. The lowest BCUT2D eigenvalue weighted by Gasteiger charge is -2.16. The van der Waals surface area contributed by atoms with Gasteiger partial charge in [-0.15, -0.1) is 35.3 Å². The van der Waals surface area contributed by atoms with Gasteiger partial charge in [-0.2, -0.15) is 8.78 Å². The first-order valence-electron chi connectivity index (χ1n) is 7.86. The molecular formula is C17H22F2IN3O2S. The Balaban J connectivity index is 0.00000338.